The van der Waals surface area contributed by atoms with Gasteiger partial charge in [0, 0.05) is 16.5 Å². The van der Waals surface area contributed by atoms with Crippen LogP contribution in [0.5, 0.6) is 17.2 Å². The molecule has 5 rings (SSSR count). The fourth-order valence-electron chi connectivity index (χ4n) is 5.12. The molecule has 2 amide bonds. The van der Waals surface area contributed by atoms with E-state index in [2.05, 4.69) is 15.6 Å². The SMILES string of the molecule is CCOC(=O)Cc1c(NC(=O)c2cc3cc(OC)c(OC)c(OC)c3[nH]2)cc(NC(=O)OCc2ccccc2)c2ccccc12. The van der Waals surface area contributed by atoms with Gasteiger partial charge in [-0.15, -0.1) is 0 Å². The van der Waals surface area contributed by atoms with Crippen LogP contribution < -0.4 is 24.8 Å². The van der Waals surface area contributed by atoms with E-state index in [4.69, 9.17) is 23.7 Å². The van der Waals surface area contributed by atoms with E-state index < -0.39 is 18.0 Å². The zero-order valence-corrected chi connectivity index (χ0v) is 25.3. The van der Waals surface area contributed by atoms with Crippen molar-refractivity contribution in [3.8, 4) is 17.2 Å². The number of nitrogens with one attached hydrogen (secondary N) is 3. The van der Waals surface area contributed by atoms with Crippen molar-refractivity contribution < 1.29 is 38.1 Å². The summed E-state index contributed by atoms with van der Waals surface area (Å²) in [7, 11) is 4.50. The van der Waals surface area contributed by atoms with Gasteiger partial charge in [0.25, 0.3) is 5.91 Å². The Bertz CT molecular complexity index is 1870. The number of amides is 2. The van der Waals surface area contributed by atoms with E-state index in [1.54, 1.807) is 25.1 Å². The van der Waals surface area contributed by atoms with Gasteiger partial charge in [0.1, 0.15) is 12.3 Å². The van der Waals surface area contributed by atoms with Crippen LogP contribution in [0.1, 0.15) is 28.5 Å². The van der Waals surface area contributed by atoms with Crippen molar-refractivity contribution in [1.29, 1.82) is 0 Å². The smallest absolute Gasteiger partial charge is 0.411 e. The molecule has 232 valence electrons. The Balaban J connectivity index is 1.53. The van der Waals surface area contributed by atoms with Gasteiger partial charge in [-0.05, 0) is 41.6 Å². The Hall–Kier alpha value is -5.71. The van der Waals surface area contributed by atoms with Gasteiger partial charge in [-0.2, -0.15) is 0 Å². The fraction of sp³-hybridized carbons (Fsp3) is 0.206. The number of carbonyl (C=O) groups excluding carboxylic acids is 3. The number of benzene rings is 4. The molecule has 0 bridgehead atoms. The first-order valence-electron chi connectivity index (χ1n) is 14.2. The van der Waals surface area contributed by atoms with Crippen molar-refractivity contribution in [3.63, 3.8) is 0 Å². The lowest BCUT2D eigenvalue weighted by Crippen LogP contribution is -2.18. The number of ether oxygens (including phenoxy) is 5. The van der Waals surface area contributed by atoms with Crippen LogP contribution in [-0.4, -0.2) is 50.9 Å². The second kappa shape index (κ2) is 13.7. The molecule has 1 aromatic heterocycles. The predicted molar refractivity (Wildman–Crippen MR) is 170 cm³/mol. The summed E-state index contributed by atoms with van der Waals surface area (Å²) in [5, 5.41) is 7.67. The number of rotatable bonds is 11. The molecule has 0 atom stereocenters. The van der Waals surface area contributed by atoms with Crippen molar-refractivity contribution in [1.82, 2.24) is 4.98 Å². The maximum atomic E-state index is 13.7. The van der Waals surface area contributed by atoms with Gasteiger partial charge >= 0.3 is 12.1 Å². The first-order chi connectivity index (χ1) is 21.9. The van der Waals surface area contributed by atoms with Gasteiger partial charge in [-0.25, -0.2) is 4.79 Å². The van der Waals surface area contributed by atoms with Crippen LogP contribution in [0.2, 0.25) is 0 Å². The maximum Gasteiger partial charge on any atom is 0.411 e. The minimum absolute atomic E-state index is 0.0779. The molecule has 45 heavy (non-hydrogen) atoms. The van der Waals surface area contributed by atoms with E-state index in [1.165, 1.54) is 21.3 Å². The summed E-state index contributed by atoms with van der Waals surface area (Å²) in [6.45, 7) is 2.00. The molecule has 11 heteroatoms. The maximum absolute atomic E-state index is 13.7. The van der Waals surface area contributed by atoms with Gasteiger partial charge < -0.3 is 34.0 Å². The van der Waals surface area contributed by atoms with Crippen LogP contribution in [0.3, 0.4) is 0 Å². The Morgan fingerprint density at radius 2 is 1.47 bits per heavy atom. The number of hydrogen-bond acceptors (Lipinski definition) is 8. The second-order valence-corrected chi connectivity index (χ2v) is 9.91. The molecule has 0 aliphatic rings. The highest BCUT2D eigenvalue weighted by molar-refractivity contribution is 6.11. The fourth-order valence-corrected chi connectivity index (χ4v) is 5.12. The van der Waals surface area contributed by atoms with Crippen LogP contribution in [0, 0.1) is 0 Å². The number of methoxy groups -OCH3 is 3. The highest BCUT2D eigenvalue weighted by atomic mass is 16.5. The summed E-state index contributed by atoms with van der Waals surface area (Å²) in [4.78, 5) is 42.4. The Morgan fingerprint density at radius 3 is 2.16 bits per heavy atom. The Kier molecular flexibility index (Phi) is 9.37. The third kappa shape index (κ3) is 6.62. The normalized spacial score (nSPS) is 10.8. The third-order valence-electron chi connectivity index (χ3n) is 7.14. The highest BCUT2D eigenvalue weighted by Crippen LogP contribution is 2.43. The Morgan fingerprint density at radius 1 is 0.756 bits per heavy atom. The number of H-pyrrole nitrogens is 1. The molecule has 11 nitrogen and oxygen atoms in total. The number of esters is 1. The van der Waals surface area contributed by atoms with E-state index in [9.17, 15) is 14.4 Å². The zero-order valence-electron chi connectivity index (χ0n) is 25.3. The van der Waals surface area contributed by atoms with E-state index in [-0.39, 0.29) is 25.3 Å². The lowest BCUT2D eigenvalue weighted by Gasteiger charge is -2.18. The minimum Gasteiger partial charge on any atom is -0.493 e. The molecule has 0 unspecified atom stereocenters. The monoisotopic (exact) mass is 611 g/mol. The average Bonchev–Trinajstić information content (AvgIpc) is 3.49. The predicted octanol–water partition coefficient (Wildman–Crippen LogP) is 6.45. The third-order valence-corrected chi connectivity index (χ3v) is 7.14. The Labute approximate surface area is 259 Å². The molecule has 0 aliphatic carbocycles. The summed E-state index contributed by atoms with van der Waals surface area (Å²) >= 11 is 0. The number of fused-ring (bicyclic) bond motifs is 2. The van der Waals surface area contributed by atoms with Crippen molar-refractivity contribution in [3.05, 3.63) is 89.6 Å². The number of carbonyl (C=O) groups is 3. The lowest BCUT2D eigenvalue weighted by atomic mass is 9.98. The number of aromatic amines is 1. The molecule has 0 aliphatic heterocycles. The van der Waals surface area contributed by atoms with Crippen molar-refractivity contribution in [2.45, 2.75) is 20.0 Å². The van der Waals surface area contributed by atoms with E-state index >= 15 is 0 Å². The second-order valence-electron chi connectivity index (χ2n) is 9.91. The summed E-state index contributed by atoms with van der Waals surface area (Å²) < 4.78 is 27.2. The van der Waals surface area contributed by atoms with Gasteiger partial charge in [0.2, 0.25) is 5.75 Å². The standard InChI is InChI=1S/C34H33N3O8/c1-5-44-29(38)17-24-22-13-9-10-14-23(22)25(37-34(40)45-19-20-11-7-6-8-12-20)18-26(24)36-33(39)27-15-21-16-28(41-2)31(42-3)32(43-4)30(21)35-27/h6-16,18,35H,5,17,19H2,1-4H3,(H,36,39)(H,37,40). The molecule has 1 heterocycles. The van der Waals surface area contributed by atoms with E-state index in [1.807, 2.05) is 54.6 Å². The van der Waals surface area contributed by atoms with Crippen molar-refractivity contribution >= 4 is 51.0 Å². The van der Waals surface area contributed by atoms with Gasteiger partial charge in [0.05, 0.1) is 45.6 Å². The zero-order chi connectivity index (χ0) is 31.9. The largest absolute Gasteiger partial charge is 0.493 e. The molecule has 4 aromatic carbocycles. The molecule has 0 saturated heterocycles. The lowest BCUT2D eigenvalue weighted by molar-refractivity contribution is -0.142. The first kappa shape index (κ1) is 30.7. The topological polar surface area (TPSA) is 137 Å². The molecule has 5 aromatic rings. The van der Waals surface area contributed by atoms with Gasteiger partial charge in [-0.3, -0.25) is 14.9 Å². The summed E-state index contributed by atoms with van der Waals surface area (Å²) in [6.07, 6.45) is -0.789. The summed E-state index contributed by atoms with van der Waals surface area (Å²) in [5.74, 6) is 0.233. The molecular weight excluding hydrogens is 578 g/mol. The molecule has 0 fully saturated rings. The van der Waals surface area contributed by atoms with Gasteiger partial charge in [0.15, 0.2) is 11.5 Å². The van der Waals surface area contributed by atoms with Crippen molar-refractivity contribution in [2.75, 3.05) is 38.6 Å². The van der Waals surface area contributed by atoms with E-state index in [0.29, 0.717) is 55.9 Å². The van der Waals surface area contributed by atoms with E-state index in [0.717, 1.165) is 5.56 Å². The molecule has 3 N–H and O–H groups in total. The molecular formula is C34H33N3O8. The molecule has 0 radical (unpaired) electrons. The number of hydrogen-bond donors (Lipinski definition) is 3. The number of anilines is 2. The van der Waals surface area contributed by atoms with Crippen LogP contribution in [-0.2, 0) is 27.3 Å². The van der Waals surface area contributed by atoms with Crippen LogP contribution in [0.4, 0.5) is 16.2 Å². The highest BCUT2D eigenvalue weighted by Gasteiger charge is 2.23. The van der Waals surface area contributed by atoms with Crippen LogP contribution >= 0.6 is 0 Å². The van der Waals surface area contributed by atoms with Gasteiger partial charge in [-0.1, -0.05) is 54.6 Å². The van der Waals surface area contributed by atoms with Crippen LogP contribution in [0.25, 0.3) is 21.7 Å². The number of aromatic nitrogens is 1. The molecule has 0 saturated carbocycles. The minimum atomic E-state index is -0.676. The summed E-state index contributed by atoms with van der Waals surface area (Å²) in [5.41, 5.74) is 2.81. The van der Waals surface area contributed by atoms with Crippen molar-refractivity contribution in [2.24, 2.45) is 0 Å². The first-order valence-corrected chi connectivity index (χ1v) is 14.2. The van der Waals surface area contributed by atoms with Crippen LogP contribution in [0.15, 0.2) is 72.8 Å². The quantitative estimate of drug-likeness (QED) is 0.145. The molecule has 0 spiro atoms. The average molecular weight is 612 g/mol. The summed E-state index contributed by atoms with van der Waals surface area (Å²) in [6, 6.07) is 21.5.